The van der Waals surface area contributed by atoms with Crippen molar-refractivity contribution in [3.63, 3.8) is 0 Å². The molecule has 108 valence electrons. The number of anilines is 2. The summed E-state index contributed by atoms with van der Waals surface area (Å²) in [7, 11) is 3.71. The monoisotopic (exact) mass is 284 g/mol. The summed E-state index contributed by atoms with van der Waals surface area (Å²) in [6.07, 6.45) is 3.18. The minimum Gasteiger partial charge on any atom is -0.377 e. The van der Waals surface area contributed by atoms with Gasteiger partial charge in [-0.1, -0.05) is 6.92 Å². The lowest BCUT2D eigenvalue weighted by molar-refractivity contribution is 0.178. The van der Waals surface area contributed by atoms with Gasteiger partial charge in [-0.15, -0.1) is 0 Å². The van der Waals surface area contributed by atoms with E-state index in [1.54, 1.807) is 7.11 Å². The largest absolute Gasteiger partial charge is 0.377 e. The van der Waals surface area contributed by atoms with Crippen molar-refractivity contribution in [2.24, 2.45) is 0 Å². The molecular formula is C13H24N4OS. The number of thioether (sulfide) groups is 1. The second-order valence-corrected chi connectivity index (χ2v) is 5.29. The topological polar surface area (TPSA) is 50.3 Å². The first-order chi connectivity index (χ1) is 9.21. The Kier molecular flexibility index (Phi) is 7.59. The zero-order valence-corrected chi connectivity index (χ0v) is 13.1. The highest BCUT2D eigenvalue weighted by molar-refractivity contribution is 7.98. The van der Waals surface area contributed by atoms with Crippen LogP contribution in [-0.2, 0) is 11.3 Å². The Morgan fingerprint density at radius 3 is 2.84 bits per heavy atom. The van der Waals surface area contributed by atoms with Gasteiger partial charge in [-0.2, -0.15) is 11.8 Å². The molecule has 0 amide bonds. The normalized spacial score (nSPS) is 10.5. The Morgan fingerprint density at radius 2 is 2.21 bits per heavy atom. The fraction of sp³-hybridized carbons (Fsp3) is 0.692. The van der Waals surface area contributed by atoms with Crippen molar-refractivity contribution < 1.29 is 4.74 Å². The second kappa shape index (κ2) is 8.98. The molecule has 0 spiro atoms. The first-order valence-corrected chi connectivity index (χ1v) is 7.91. The molecule has 0 aliphatic heterocycles. The van der Waals surface area contributed by atoms with Crippen LogP contribution in [0.15, 0.2) is 6.07 Å². The average molecular weight is 284 g/mol. The van der Waals surface area contributed by atoms with Crippen molar-refractivity contribution in [1.82, 2.24) is 9.97 Å². The van der Waals surface area contributed by atoms with Gasteiger partial charge in [-0.05, 0) is 12.7 Å². The van der Waals surface area contributed by atoms with Crippen molar-refractivity contribution in [3.05, 3.63) is 11.9 Å². The van der Waals surface area contributed by atoms with E-state index in [1.165, 1.54) is 0 Å². The number of nitrogens with zero attached hydrogens (tertiary/aromatic N) is 3. The first-order valence-electron chi connectivity index (χ1n) is 6.52. The molecule has 0 unspecified atom stereocenters. The van der Waals surface area contributed by atoms with E-state index in [1.807, 2.05) is 17.8 Å². The number of hydrogen-bond acceptors (Lipinski definition) is 6. The zero-order valence-electron chi connectivity index (χ0n) is 12.3. The fourth-order valence-corrected chi connectivity index (χ4v) is 2.02. The van der Waals surface area contributed by atoms with Gasteiger partial charge in [0.1, 0.15) is 18.2 Å². The highest BCUT2D eigenvalue weighted by Crippen LogP contribution is 2.15. The Bertz CT molecular complexity index is 376. The molecule has 0 saturated heterocycles. The Labute approximate surface area is 120 Å². The maximum atomic E-state index is 5.13. The average Bonchev–Trinajstić information content (AvgIpc) is 2.42. The molecule has 5 nitrogen and oxygen atoms in total. The summed E-state index contributed by atoms with van der Waals surface area (Å²) in [5, 5.41) is 3.31. The van der Waals surface area contributed by atoms with Gasteiger partial charge in [0.05, 0.1) is 0 Å². The van der Waals surface area contributed by atoms with E-state index in [4.69, 9.17) is 4.74 Å². The number of hydrogen-bond donors (Lipinski definition) is 1. The van der Waals surface area contributed by atoms with E-state index in [0.717, 1.165) is 42.7 Å². The molecule has 0 fully saturated rings. The Hall–Kier alpha value is -1.01. The summed E-state index contributed by atoms with van der Waals surface area (Å²) in [6, 6.07) is 2.00. The predicted molar refractivity (Wildman–Crippen MR) is 83.2 cm³/mol. The van der Waals surface area contributed by atoms with Gasteiger partial charge >= 0.3 is 0 Å². The first kappa shape index (κ1) is 16.0. The minimum atomic E-state index is 0.436. The molecule has 6 heteroatoms. The molecule has 1 aromatic rings. The number of nitrogens with one attached hydrogen (secondary N) is 1. The second-order valence-electron chi connectivity index (χ2n) is 4.30. The summed E-state index contributed by atoms with van der Waals surface area (Å²) in [5.41, 5.74) is 0. The van der Waals surface area contributed by atoms with Crippen LogP contribution in [0.2, 0.25) is 0 Å². The van der Waals surface area contributed by atoms with Crippen molar-refractivity contribution in [2.45, 2.75) is 20.0 Å². The molecule has 1 heterocycles. The fourth-order valence-electron chi connectivity index (χ4n) is 1.56. The number of aromatic nitrogens is 2. The number of methoxy groups -OCH3 is 1. The highest BCUT2D eigenvalue weighted by Gasteiger charge is 2.08. The smallest absolute Gasteiger partial charge is 0.158 e. The number of rotatable bonds is 9. The van der Waals surface area contributed by atoms with E-state index in [9.17, 15) is 0 Å². The molecular weight excluding hydrogens is 260 g/mol. The molecule has 0 aromatic carbocycles. The molecule has 0 aliphatic carbocycles. The maximum Gasteiger partial charge on any atom is 0.158 e. The number of ether oxygens (including phenoxy) is 1. The summed E-state index contributed by atoms with van der Waals surface area (Å²) >= 11 is 1.83. The van der Waals surface area contributed by atoms with E-state index in [-0.39, 0.29) is 0 Å². The summed E-state index contributed by atoms with van der Waals surface area (Å²) in [6.45, 7) is 4.45. The highest BCUT2D eigenvalue weighted by atomic mass is 32.2. The van der Waals surface area contributed by atoms with Crippen molar-refractivity contribution in [2.75, 3.05) is 49.5 Å². The third-order valence-corrected chi connectivity index (χ3v) is 3.20. The standard InChI is InChI=1S/C13H24N4OS/c1-5-6-14-11-9-13(17(2)7-8-19-4)16-12(15-11)10-18-3/h9H,5-8,10H2,1-4H3,(H,14,15,16). The summed E-state index contributed by atoms with van der Waals surface area (Å²) in [5.74, 6) is 3.61. The van der Waals surface area contributed by atoms with Crippen LogP contribution in [0, 0.1) is 0 Å². The predicted octanol–water partition coefficient (Wildman–Crippen LogP) is 2.24. The lowest BCUT2D eigenvalue weighted by Gasteiger charge is -2.19. The lowest BCUT2D eigenvalue weighted by Crippen LogP contribution is -2.22. The molecule has 0 saturated carbocycles. The summed E-state index contributed by atoms with van der Waals surface area (Å²) in [4.78, 5) is 11.1. The van der Waals surface area contributed by atoms with Crippen LogP contribution in [0.3, 0.4) is 0 Å². The molecule has 0 atom stereocenters. The molecule has 0 aliphatic rings. The SMILES string of the molecule is CCCNc1cc(N(C)CCSC)nc(COC)n1. The Morgan fingerprint density at radius 1 is 1.42 bits per heavy atom. The van der Waals surface area contributed by atoms with Gasteiger partial charge < -0.3 is 15.0 Å². The van der Waals surface area contributed by atoms with E-state index < -0.39 is 0 Å². The van der Waals surface area contributed by atoms with E-state index in [2.05, 4.69) is 40.4 Å². The van der Waals surface area contributed by atoms with Gasteiger partial charge in [-0.3, -0.25) is 0 Å². The maximum absolute atomic E-state index is 5.13. The van der Waals surface area contributed by atoms with Crippen LogP contribution < -0.4 is 10.2 Å². The molecule has 0 radical (unpaired) electrons. The van der Waals surface area contributed by atoms with Crippen molar-refractivity contribution >= 4 is 23.4 Å². The lowest BCUT2D eigenvalue weighted by atomic mass is 10.4. The Balaban J connectivity index is 2.84. The van der Waals surface area contributed by atoms with Crippen LogP contribution in [0.1, 0.15) is 19.2 Å². The quantitative estimate of drug-likeness (QED) is 0.750. The van der Waals surface area contributed by atoms with Crippen LogP contribution in [0.5, 0.6) is 0 Å². The third kappa shape index (κ3) is 5.65. The molecule has 0 bridgehead atoms. The molecule has 1 aromatic heterocycles. The minimum absolute atomic E-state index is 0.436. The van der Waals surface area contributed by atoms with Crippen LogP contribution in [-0.4, -0.2) is 49.2 Å². The zero-order chi connectivity index (χ0) is 14.1. The van der Waals surface area contributed by atoms with Crippen LogP contribution in [0.4, 0.5) is 11.6 Å². The molecule has 1 N–H and O–H groups in total. The molecule has 1 rings (SSSR count). The van der Waals surface area contributed by atoms with E-state index in [0.29, 0.717) is 6.61 Å². The third-order valence-electron chi connectivity index (χ3n) is 2.61. The van der Waals surface area contributed by atoms with Gasteiger partial charge in [0.15, 0.2) is 5.82 Å². The molecule has 19 heavy (non-hydrogen) atoms. The summed E-state index contributed by atoms with van der Waals surface area (Å²) < 4.78 is 5.13. The van der Waals surface area contributed by atoms with Gasteiger partial charge in [-0.25, -0.2) is 9.97 Å². The van der Waals surface area contributed by atoms with Crippen LogP contribution >= 0.6 is 11.8 Å². The van der Waals surface area contributed by atoms with Crippen LogP contribution in [0.25, 0.3) is 0 Å². The van der Waals surface area contributed by atoms with Gasteiger partial charge in [0.25, 0.3) is 0 Å². The van der Waals surface area contributed by atoms with Gasteiger partial charge in [0.2, 0.25) is 0 Å². The van der Waals surface area contributed by atoms with Gasteiger partial charge in [0, 0.05) is 39.1 Å². The van der Waals surface area contributed by atoms with Crippen molar-refractivity contribution in [3.8, 4) is 0 Å². The van der Waals surface area contributed by atoms with Crippen molar-refractivity contribution in [1.29, 1.82) is 0 Å². The van der Waals surface area contributed by atoms with E-state index >= 15 is 0 Å².